The fourth-order valence-corrected chi connectivity index (χ4v) is 18.9. The molecular weight excluding hydrogens is 1310 g/mol. The number of fused-ring (bicyclic) bond motifs is 2. The Morgan fingerprint density at radius 1 is 0.519 bits per heavy atom. The van der Waals surface area contributed by atoms with E-state index < -0.39 is 39.6 Å². The van der Waals surface area contributed by atoms with Crippen molar-refractivity contribution in [3.63, 3.8) is 0 Å². The van der Waals surface area contributed by atoms with E-state index >= 15 is 0 Å². The number of carbonyl (C=O) groups is 8. The third-order valence-corrected chi connectivity index (χ3v) is 26.4. The van der Waals surface area contributed by atoms with Crippen LogP contribution in [0.4, 0.5) is 0 Å². The molecule has 14 aliphatic rings. The molecule has 12 saturated carbocycles. The van der Waals surface area contributed by atoms with Gasteiger partial charge in [0.25, 0.3) is 0 Å². The first-order valence-corrected chi connectivity index (χ1v) is 37.3. The van der Waals surface area contributed by atoms with Gasteiger partial charge in [0, 0.05) is 36.5 Å². The monoisotopic (exact) mass is 1480 g/mol. The third-order valence-electron chi connectivity index (χ3n) is 26.4. The van der Waals surface area contributed by atoms with Crippen molar-refractivity contribution in [2.75, 3.05) is 6.61 Å². The second-order valence-electron chi connectivity index (χ2n) is 35.5. The summed E-state index contributed by atoms with van der Waals surface area (Å²) in [5, 5.41) is 21.3. The molecule has 2 amide bonds. The zero-order chi connectivity index (χ0) is 69.7. The van der Waals surface area contributed by atoms with Crippen molar-refractivity contribution in [2.24, 2.45) is 86.3 Å². The molecule has 0 spiro atoms. The molecular formula is C87H165NO16. The normalized spacial score (nSPS) is 32.3. The van der Waals surface area contributed by atoms with E-state index in [0.717, 1.165) is 108 Å². The van der Waals surface area contributed by atoms with Crippen LogP contribution in [0, 0.1) is 86.3 Å². The predicted molar refractivity (Wildman–Crippen MR) is 424 cm³/mol. The van der Waals surface area contributed by atoms with Crippen molar-refractivity contribution in [2.45, 2.75) is 419 Å². The molecule has 0 radical (unpaired) electrons. The molecule has 104 heavy (non-hydrogen) atoms. The number of esters is 6. The smallest absolute Gasteiger partial charge is 0.344 e. The maximum atomic E-state index is 12.8. The summed E-state index contributed by atoms with van der Waals surface area (Å²) in [6.45, 7) is 35.4. The van der Waals surface area contributed by atoms with Crippen LogP contribution >= 0.6 is 0 Å². The van der Waals surface area contributed by atoms with Crippen molar-refractivity contribution in [1.82, 2.24) is 4.90 Å². The van der Waals surface area contributed by atoms with Crippen LogP contribution < -0.4 is 0 Å². The minimum atomic E-state index is -0.842. The fourth-order valence-electron chi connectivity index (χ4n) is 18.9. The second-order valence-corrected chi connectivity index (χ2v) is 35.5. The summed E-state index contributed by atoms with van der Waals surface area (Å²) in [4.78, 5) is 98.1. The number of β-lactam (4-membered cyclic amide) rings is 1. The molecule has 0 aromatic heterocycles. The average Bonchev–Trinajstić information content (AvgIpc) is 1.21. The van der Waals surface area contributed by atoms with Gasteiger partial charge in [-0.15, -0.1) is 0 Å². The van der Waals surface area contributed by atoms with Gasteiger partial charge < -0.3 is 38.6 Å². The Balaban J connectivity index is -0.00000121. The largest absolute Gasteiger partial charge is 0.459 e. The van der Waals surface area contributed by atoms with E-state index in [9.17, 15) is 48.6 Å². The van der Waals surface area contributed by atoms with Gasteiger partial charge in [0.15, 0.2) is 6.61 Å². The Bertz CT molecular complexity index is 2720. The highest BCUT2D eigenvalue weighted by molar-refractivity contribution is 6.04. The summed E-state index contributed by atoms with van der Waals surface area (Å²) in [6, 6.07) is 0.232. The number of ether oxygens (including phenoxy) is 6. The van der Waals surface area contributed by atoms with Gasteiger partial charge in [-0.25, -0.2) is 4.79 Å². The molecule has 0 aromatic rings. The van der Waals surface area contributed by atoms with E-state index in [0.29, 0.717) is 43.4 Å². The fraction of sp³-hybridized carbons (Fsp3) is 0.908. The Morgan fingerprint density at radius 3 is 1.41 bits per heavy atom. The summed E-state index contributed by atoms with van der Waals surface area (Å²) in [7, 11) is 0. The van der Waals surface area contributed by atoms with Crippen LogP contribution in [0.2, 0.25) is 0 Å². The van der Waals surface area contributed by atoms with Gasteiger partial charge >= 0.3 is 35.8 Å². The maximum absolute atomic E-state index is 12.8. The van der Waals surface area contributed by atoms with Crippen LogP contribution in [0.5, 0.6) is 0 Å². The first kappa shape index (κ1) is 104. The van der Waals surface area contributed by atoms with Crippen molar-refractivity contribution in [1.29, 1.82) is 0 Å². The van der Waals surface area contributed by atoms with Crippen molar-refractivity contribution < 1.29 is 77.0 Å². The van der Waals surface area contributed by atoms with Gasteiger partial charge in [-0.2, -0.15) is 0 Å². The molecule has 614 valence electrons. The Morgan fingerprint density at radius 2 is 0.971 bits per heavy atom. The number of amides is 2. The minimum absolute atomic E-state index is 0. The van der Waals surface area contributed by atoms with Gasteiger partial charge in [-0.1, -0.05) is 156 Å². The van der Waals surface area contributed by atoms with Gasteiger partial charge in [0.05, 0.1) is 50.7 Å². The lowest BCUT2D eigenvalue weighted by Crippen LogP contribution is -2.67. The van der Waals surface area contributed by atoms with Crippen LogP contribution in [0.3, 0.4) is 0 Å². The average molecular weight is 1480 g/mol. The molecule has 2 heterocycles. The zero-order valence-electron chi connectivity index (χ0n) is 61.4. The van der Waals surface area contributed by atoms with E-state index in [1.165, 1.54) is 56.3 Å². The molecule has 9 atom stereocenters. The highest BCUT2D eigenvalue weighted by atomic mass is 16.6. The van der Waals surface area contributed by atoms with E-state index in [-0.39, 0.29) is 192 Å². The zero-order valence-corrected chi connectivity index (χ0v) is 61.4. The van der Waals surface area contributed by atoms with Crippen LogP contribution in [-0.4, -0.2) is 116 Å². The number of carbonyl (C=O) groups excluding carboxylic acids is 8. The summed E-state index contributed by atoms with van der Waals surface area (Å²) < 4.78 is 33.9. The van der Waals surface area contributed by atoms with E-state index in [1.807, 2.05) is 83.1 Å². The highest BCUT2D eigenvalue weighted by Crippen LogP contribution is 2.63. The van der Waals surface area contributed by atoms with Crippen molar-refractivity contribution >= 4 is 47.6 Å². The summed E-state index contributed by atoms with van der Waals surface area (Å²) in [6.07, 6.45) is 24.9. The van der Waals surface area contributed by atoms with Crippen LogP contribution in [0.25, 0.3) is 0 Å². The quantitative estimate of drug-likeness (QED) is 0.0737. The minimum Gasteiger partial charge on any atom is -0.459 e. The standard InChI is InChI=1S/C19H32O2.C16H22O6.C16H26O4.C14H26O2.C12H19NO2.10CH4/c1-6-18(4,5)17(20)21-19(12(2)3)15-8-13-7-14(10-15)11-16(19)9-13;1-4-16(2,3)15(19)20-7-11(17)21-12-8-5-9-10(6-8)14(18)22-13(9)12;1-4-13(2,3)12(17)20-16-7-11-5-14(18,9-16)8-15(19,6-11)10-16;1-5-13(3,4)12(15)16-14(6-2)10-8-7-9-11-14;1-4-12(2,3)11(15)13-9-7-5-6-8(9)10(13)14;;;;;;;;;;/h12-16H,6-11H2,1-5H3;8-10,12-13H,4-7H2,1-3H3;11,18-19H,4-10H2,1-3H3;5-11H2,1-4H3;8-9H,4-7H2,1-3H3;10*1H4. The number of rotatable bonds is 18. The number of nitrogens with zero attached hydrogens (tertiary/aromatic N) is 1. The number of imide groups is 1. The molecule has 17 nitrogen and oxygen atoms in total. The van der Waals surface area contributed by atoms with Gasteiger partial charge in [-0.05, 0) is 232 Å². The summed E-state index contributed by atoms with van der Waals surface area (Å²) in [5.41, 5.74) is -4.84. The van der Waals surface area contributed by atoms with E-state index in [4.69, 9.17) is 28.4 Å². The number of likely N-dealkylation sites (tertiary alicyclic amines) is 1. The summed E-state index contributed by atoms with van der Waals surface area (Å²) in [5.74, 6) is 3.09. The van der Waals surface area contributed by atoms with Crippen LogP contribution in [0.1, 0.15) is 372 Å². The number of hydrogen-bond acceptors (Lipinski definition) is 16. The van der Waals surface area contributed by atoms with Crippen LogP contribution in [0.15, 0.2) is 0 Å². The Labute approximate surface area is 637 Å². The molecule has 10 bridgehead atoms. The van der Waals surface area contributed by atoms with Crippen molar-refractivity contribution in [3.8, 4) is 0 Å². The van der Waals surface area contributed by atoms with Crippen molar-refractivity contribution in [3.05, 3.63) is 0 Å². The van der Waals surface area contributed by atoms with Crippen LogP contribution in [-0.2, 0) is 66.8 Å². The Hall–Kier alpha value is -4.12. The first-order valence-electron chi connectivity index (χ1n) is 37.3. The predicted octanol–water partition coefficient (Wildman–Crippen LogP) is 20.8. The third kappa shape index (κ3) is 21.5. The molecule has 2 N–H and O–H groups in total. The van der Waals surface area contributed by atoms with Gasteiger partial charge in [0.2, 0.25) is 11.8 Å². The molecule has 0 aromatic carbocycles. The maximum Gasteiger partial charge on any atom is 0.344 e. The molecule has 12 aliphatic carbocycles. The molecule has 17 heteroatoms. The molecule has 14 fully saturated rings. The Kier molecular flexibility index (Phi) is 39.0. The lowest BCUT2D eigenvalue weighted by molar-refractivity contribution is -0.264. The molecule has 14 rings (SSSR count). The van der Waals surface area contributed by atoms with Gasteiger partial charge in [0.1, 0.15) is 29.0 Å². The molecule has 2 saturated heterocycles. The lowest BCUT2D eigenvalue weighted by atomic mass is 9.47. The molecule has 2 aliphatic heterocycles. The lowest BCUT2D eigenvalue weighted by Gasteiger charge is -2.62. The van der Waals surface area contributed by atoms with E-state index in [2.05, 4.69) is 27.7 Å². The number of aliphatic hydroxyl groups is 2. The first-order chi connectivity index (χ1) is 43.7. The topological polar surface area (TPSA) is 236 Å². The number of hydrogen-bond donors (Lipinski definition) is 2. The highest BCUT2D eigenvalue weighted by Gasteiger charge is 2.66. The molecule has 9 unspecified atom stereocenters. The second kappa shape index (κ2) is 39.0. The van der Waals surface area contributed by atoms with E-state index in [1.54, 1.807) is 13.8 Å². The SMILES string of the molecule is C.C.C.C.C.C.C.C.C.C.CCC(C)(C)C(=O)N1C(=O)C2CCCC21.CCC(C)(C)C(=O)OC1(C(C)C)C2CC3CC(C2)CC1C3.CCC(C)(C)C(=O)OC12CC3CC(O)(CC(O)(C3)C1)C2.CCC(C)(C)C(=O)OCC(=O)OC1C2CC3C(=O)OC1C3C2.CCC1(OC(=O)C(C)(C)CC)CCCCC1. The summed E-state index contributed by atoms with van der Waals surface area (Å²) >= 11 is 0. The van der Waals surface area contributed by atoms with Gasteiger partial charge in [-0.3, -0.25) is 38.5 Å².